The molecule has 0 saturated carbocycles. The van der Waals surface area contributed by atoms with Gasteiger partial charge in [-0.15, -0.1) is 11.6 Å². The summed E-state index contributed by atoms with van der Waals surface area (Å²) in [5.74, 6) is 0.467. The van der Waals surface area contributed by atoms with Gasteiger partial charge in [-0.05, 0) is 18.2 Å². The van der Waals surface area contributed by atoms with Gasteiger partial charge in [-0.3, -0.25) is 0 Å². The molecule has 0 fully saturated rings. The van der Waals surface area contributed by atoms with E-state index in [4.69, 9.17) is 27.9 Å². The molecule has 19 heavy (non-hydrogen) atoms. The van der Waals surface area contributed by atoms with Crippen LogP contribution in [0.5, 0.6) is 5.75 Å². The molecule has 0 unspecified atom stereocenters. The summed E-state index contributed by atoms with van der Waals surface area (Å²) in [5.41, 5.74) is 1.25. The van der Waals surface area contributed by atoms with E-state index in [1.165, 1.54) is 6.07 Å². The van der Waals surface area contributed by atoms with E-state index in [9.17, 15) is 4.39 Å². The van der Waals surface area contributed by atoms with E-state index in [-0.39, 0.29) is 12.4 Å². The number of hydrogen-bond donors (Lipinski definition) is 0. The number of halogens is 4. The Balaban J connectivity index is 2.19. The lowest BCUT2D eigenvalue weighted by molar-refractivity contribution is 0.297. The van der Waals surface area contributed by atoms with Crippen molar-refractivity contribution < 1.29 is 9.13 Å². The topological polar surface area (TPSA) is 9.23 Å². The minimum absolute atomic E-state index is 0.104. The second-order valence-electron chi connectivity index (χ2n) is 3.89. The summed E-state index contributed by atoms with van der Waals surface area (Å²) in [5, 5.41) is 0.468. The third-order valence-corrected chi connectivity index (χ3v) is 3.66. The normalized spacial score (nSPS) is 10.5. The molecule has 0 radical (unpaired) electrons. The minimum atomic E-state index is -0.325. The van der Waals surface area contributed by atoms with E-state index in [0.29, 0.717) is 26.7 Å². The Kier molecular flexibility index (Phi) is 5.08. The van der Waals surface area contributed by atoms with E-state index in [0.717, 1.165) is 5.56 Å². The smallest absolute Gasteiger partial charge is 0.142 e. The first-order valence-electron chi connectivity index (χ1n) is 5.52. The molecule has 2 aromatic carbocycles. The van der Waals surface area contributed by atoms with Crippen molar-refractivity contribution in [3.8, 4) is 5.75 Å². The minimum Gasteiger partial charge on any atom is -0.487 e. The Labute approximate surface area is 129 Å². The molecule has 0 saturated heterocycles. The molecule has 2 rings (SSSR count). The van der Waals surface area contributed by atoms with Crippen LogP contribution in [0.15, 0.2) is 40.9 Å². The van der Waals surface area contributed by atoms with E-state index < -0.39 is 0 Å². The Morgan fingerprint density at radius 3 is 2.63 bits per heavy atom. The van der Waals surface area contributed by atoms with Gasteiger partial charge in [-0.25, -0.2) is 4.39 Å². The zero-order valence-corrected chi connectivity index (χ0v) is 12.9. The molecule has 0 bridgehead atoms. The van der Waals surface area contributed by atoms with Crippen LogP contribution in [0.4, 0.5) is 4.39 Å². The summed E-state index contributed by atoms with van der Waals surface area (Å²) in [6.07, 6.45) is 0. The van der Waals surface area contributed by atoms with Crippen molar-refractivity contribution in [2.24, 2.45) is 0 Å². The van der Waals surface area contributed by atoms with Crippen LogP contribution in [0.3, 0.4) is 0 Å². The summed E-state index contributed by atoms with van der Waals surface area (Å²) in [4.78, 5) is 0. The highest BCUT2D eigenvalue weighted by atomic mass is 79.9. The summed E-state index contributed by atoms with van der Waals surface area (Å²) in [6, 6.07) is 10.2. The second-order valence-corrected chi connectivity index (χ2v) is 5.48. The van der Waals surface area contributed by atoms with Crippen LogP contribution in [-0.4, -0.2) is 0 Å². The molecule has 5 heteroatoms. The average molecular weight is 364 g/mol. The van der Waals surface area contributed by atoms with Gasteiger partial charge in [0.05, 0.1) is 10.9 Å². The Hall–Kier alpha value is -0.770. The number of rotatable bonds is 4. The summed E-state index contributed by atoms with van der Waals surface area (Å²) in [7, 11) is 0. The van der Waals surface area contributed by atoms with Gasteiger partial charge in [0.1, 0.15) is 18.2 Å². The van der Waals surface area contributed by atoms with Crippen molar-refractivity contribution in [1.29, 1.82) is 0 Å². The fraction of sp³-hybridized carbons (Fsp3) is 0.143. The van der Waals surface area contributed by atoms with Crippen molar-refractivity contribution >= 4 is 39.1 Å². The molecule has 0 aromatic heterocycles. The first-order chi connectivity index (χ1) is 9.11. The number of benzene rings is 2. The fourth-order valence-corrected chi connectivity index (χ4v) is 2.40. The molecule has 0 N–H and O–H groups in total. The molecule has 0 atom stereocenters. The lowest BCUT2D eigenvalue weighted by atomic mass is 10.2. The second kappa shape index (κ2) is 6.60. The summed E-state index contributed by atoms with van der Waals surface area (Å²) >= 11 is 15.1. The maximum absolute atomic E-state index is 13.7. The first kappa shape index (κ1) is 14.6. The lowest BCUT2D eigenvalue weighted by Crippen LogP contribution is -2.01. The quantitative estimate of drug-likeness (QED) is 0.646. The molecule has 0 aliphatic carbocycles. The Morgan fingerprint density at radius 2 is 1.95 bits per heavy atom. The van der Waals surface area contributed by atoms with Crippen LogP contribution >= 0.6 is 39.1 Å². The highest BCUT2D eigenvalue weighted by molar-refractivity contribution is 9.10. The number of alkyl halides is 1. The van der Waals surface area contributed by atoms with Crippen LogP contribution in [-0.2, 0) is 12.5 Å². The summed E-state index contributed by atoms with van der Waals surface area (Å²) < 4.78 is 19.9. The maximum Gasteiger partial charge on any atom is 0.142 e. The van der Waals surface area contributed by atoms with Gasteiger partial charge >= 0.3 is 0 Å². The molecule has 0 heterocycles. The van der Waals surface area contributed by atoms with Gasteiger partial charge in [0.15, 0.2) is 0 Å². The predicted molar refractivity (Wildman–Crippen MR) is 79.4 cm³/mol. The standard InChI is InChI=1S/C14H10BrCl2FO/c15-11-5-4-10(13(18)6-11)8-19-14-9(7-16)2-1-3-12(14)17/h1-6H,7-8H2. The van der Waals surface area contributed by atoms with Crippen molar-refractivity contribution in [1.82, 2.24) is 0 Å². The molecule has 100 valence electrons. The van der Waals surface area contributed by atoms with E-state index in [2.05, 4.69) is 15.9 Å². The lowest BCUT2D eigenvalue weighted by Gasteiger charge is -2.12. The highest BCUT2D eigenvalue weighted by Crippen LogP contribution is 2.30. The highest BCUT2D eigenvalue weighted by Gasteiger charge is 2.09. The Bertz CT molecular complexity index is 590. The van der Waals surface area contributed by atoms with Gasteiger partial charge in [0.2, 0.25) is 0 Å². The van der Waals surface area contributed by atoms with Crippen molar-refractivity contribution in [3.05, 3.63) is 62.8 Å². The van der Waals surface area contributed by atoms with Gasteiger partial charge in [-0.1, -0.05) is 45.7 Å². The molecular formula is C14H10BrCl2FO. The van der Waals surface area contributed by atoms with E-state index >= 15 is 0 Å². The van der Waals surface area contributed by atoms with Gasteiger partial charge in [0.25, 0.3) is 0 Å². The molecule has 0 aliphatic heterocycles. The SMILES string of the molecule is Fc1cc(Br)ccc1COc1c(Cl)cccc1CCl. The maximum atomic E-state index is 13.7. The molecule has 0 aliphatic rings. The van der Waals surface area contributed by atoms with Crippen LogP contribution in [0.1, 0.15) is 11.1 Å². The number of para-hydroxylation sites is 1. The van der Waals surface area contributed by atoms with Crippen LogP contribution in [0.2, 0.25) is 5.02 Å². The zero-order valence-electron chi connectivity index (χ0n) is 9.80. The summed E-state index contributed by atoms with van der Waals surface area (Å²) in [6.45, 7) is 0.104. The van der Waals surface area contributed by atoms with Crippen LogP contribution < -0.4 is 4.74 Å². The largest absolute Gasteiger partial charge is 0.487 e. The number of hydrogen-bond acceptors (Lipinski definition) is 1. The third kappa shape index (κ3) is 3.62. The number of ether oxygens (including phenoxy) is 1. The zero-order chi connectivity index (χ0) is 13.8. The van der Waals surface area contributed by atoms with Gasteiger partial charge in [-0.2, -0.15) is 0 Å². The van der Waals surface area contributed by atoms with Crippen molar-refractivity contribution in [3.63, 3.8) is 0 Å². The molecule has 0 spiro atoms. The van der Waals surface area contributed by atoms with E-state index in [1.54, 1.807) is 24.3 Å². The van der Waals surface area contributed by atoms with Crippen LogP contribution in [0, 0.1) is 5.82 Å². The molecule has 0 amide bonds. The Morgan fingerprint density at radius 1 is 1.16 bits per heavy atom. The van der Waals surface area contributed by atoms with Crippen molar-refractivity contribution in [2.45, 2.75) is 12.5 Å². The fourth-order valence-electron chi connectivity index (χ4n) is 1.61. The van der Waals surface area contributed by atoms with Gasteiger partial charge < -0.3 is 4.74 Å². The van der Waals surface area contributed by atoms with Crippen molar-refractivity contribution in [2.75, 3.05) is 0 Å². The van der Waals surface area contributed by atoms with E-state index in [1.807, 2.05) is 6.07 Å². The predicted octanol–water partition coefficient (Wildman–Crippen LogP) is 5.56. The molecular weight excluding hydrogens is 354 g/mol. The van der Waals surface area contributed by atoms with Crippen LogP contribution in [0.25, 0.3) is 0 Å². The first-order valence-corrected chi connectivity index (χ1v) is 7.22. The van der Waals surface area contributed by atoms with Gasteiger partial charge in [0, 0.05) is 15.6 Å². The molecule has 1 nitrogen and oxygen atoms in total. The monoisotopic (exact) mass is 362 g/mol. The third-order valence-electron chi connectivity index (χ3n) is 2.58. The average Bonchev–Trinajstić information content (AvgIpc) is 2.39. The molecule has 2 aromatic rings.